The van der Waals surface area contributed by atoms with E-state index in [1.54, 1.807) is 0 Å². The maximum atomic E-state index is 11.2. The van der Waals surface area contributed by atoms with E-state index in [0.717, 1.165) is 12.8 Å². The molecule has 1 aromatic rings. The topological polar surface area (TPSA) is 76.0 Å². The molecule has 6 heteroatoms. The highest BCUT2D eigenvalue weighted by Gasteiger charge is 2.22. The number of hydrogen-bond acceptors (Lipinski definition) is 3. The molecule has 0 spiro atoms. The summed E-state index contributed by atoms with van der Waals surface area (Å²) in [7, 11) is -4.51. The van der Waals surface area contributed by atoms with Gasteiger partial charge in [0.05, 0.1) is 0 Å². The number of hydrogen-bond donors (Lipinski definition) is 2. The number of ether oxygens (including phenoxy) is 1. The maximum Gasteiger partial charge on any atom is 0.469 e. The number of phosphoric ester groups is 1. The quantitative estimate of drug-likeness (QED) is 0.162. The third-order valence-corrected chi connectivity index (χ3v) is 5.92. The molecule has 0 bridgehead atoms. The molecule has 1 unspecified atom stereocenters. The Bertz CT molecular complexity index is 546. The normalized spacial score (nSPS) is 12.8. The van der Waals surface area contributed by atoms with Gasteiger partial charge in [0.15, 0.2) is 0 Å². The zero-order chi connectivity index (χ0) is 21.9. The Labute approximate surface area is 183 Å². The van der Waals surface area contributed by atoms with E-state index >= 15 is 0 Å². The molecule has 0 saturated carbocycles. The van der Waals surface area contributed by atoms with Gasteiger partial charge in [0.25, 0.3) is 0 Å². The lowest BCUT2D eigenvalue weighted by Crippen LogP contribution is -2.20. The molecule has 0 aromatic heterocycles. The highest BCUT2D eigenvalue weighted by Crippen LogP contribution is 2.38. The van der Waals surface area contributed by atoms with Gasteiger partial charge in [0.1, 0.15) is 18.5 Å². The van der Waals surface area contributed by atoms with Crippen LogP contribution in [0.3, 0.4) is 0 Å². The summed E-state index contributed by atoms with van der Waals surface area (Å²) < 4.78 is 21.7. The molecule has 0 saturated heterocycles. The summed E-state index contributed by atoms with van der Waals surface area (Å²) in [5.41, 5.74) is 0. The Morgan fingerprint density at radius 2 is 1.23 bits per heavy atom. The number of phosphoric acid groups is 1. The Morgan fingerprint density at radius 1 is 0.767 bits per heavy atom. The summed E-state index contributed by atoms with van der Waals surface area (Å²) in [6.45, 7) is 2.41. The van der Waals surface area contributed by atoms with Gasteiger partial charge in [0, 0.05) is 0 Å². The molecule has 2 N–H and O–H groups in total. The minimum absolute atomic E-state index is 0.146. The lowest BCUT2D eigenvalue weighted by molar-refractivity contribution is 0.0818. The molecule has 0 aliphatic heterocycles. The number of rotatable bonds is 20. The van der Waals surface area contributed by atoms with Gasteiger partial charge in [-0.05, 0) is 18.6 Å². The van der Waals surface area contributed by atoms with Crippen LogP contribution in [0.15, 0.2) is 30.3 Å². The fourth-order valence-electron chi connectivity index (χ4n) is 3.63. The number of benzene rings is 1. The summed E-state index contributed by atoms with van der Waals surface area (Å²) in [4.78, 5) is 18.3. The second-order valence-electron chi connectivity index (χ2n) is 8.23. The molecule has 0 aliphatic carbocycles. The predicted octanol–water partition coefficient (Wildman–Crippen LogP) is 7.41. The smallest absolute Gasteiger partial charge is 0.469 e. The molecule has 1 aromatic carbocycles. The van der Waals surface area contributed by atoms with Gasteiger partial charge in [-0.1, -0.05) is 115 Å². The lowest BCUT2D eigenvalue weighted by atomic mass is 10.0. The fourth-order valence-corrected chi connectivity index (χ4v) is 4.19. The fraction of sp³-hybridized carbons (Fsp3) is 0.750. The Hall–Kier alpha value is -0.870. The molecule has 1 rings (SSSR count). The van der Waals surface area contributed by atoms with Crippen LogP contribution in [0, 0.1) is 0 Å². The van der Waals surface area contributed by atoms with Crippen molar-refractivity contribution in [1.82, 2.24) is 0 Å². The molecule has 0 amide bonds. The van der Waals surface area contributed by atoms with E-state index in [9.17, 15) is 4.57 Å². The molecule has 1 atom stereocenters. The number of unbranched alkanes of at least 4 members (excludes halogenated alkanes) is 13. The highest BCUT2D eigenvalue weighted by atomic mass is 31.2. The standard InChI is InChI=1S/C24H43O5P/c1-2-3-4-5-6-7-8-9-10-11-12-13-14-16-21-24(29-30(25,26)27)22-28-23-19-17-15-18-20-23/h15,17-20,24H,2-14,16,21-22H2,1H3,(H2,25,26,27). The Balaban J connectivity index is 2.03. The van der Waals surface area contributed by atoms with Crippen molar-refractivity contribution in [3.05, 3.63) is 30.3 Å². The van der Waals surface area contributed by atoms with Crippen molar-refractivity contribution in [1.29, 1.82) is 0 Å². The van der Waals surface area contributed by atoms with E-state index in [-0.39, 0.29) is 6.61 Å². The van der Waals surface area contributed by atoms with Crippen molar-refractivity contribution in [2.75, 3.05) is 6.61 Å². The van der Waals surface area contributed by atoms with E-state index in [4.69, 9.17) is 19.0 Å². The van der Waals surface area contributed by atoms with Crippen molar-refractivity contribution in [3.63, 3.8) is 0 Å². The second kappa shape index (κ2) is 17.8. The molecule has 30 heavy (non-hydrogen) atoms. The van der Waals surface area contributed by atoms with Crippen LogP contribution in [0.1, 0.15) is 103 Å². The van der Waals surface area contributed by atoms with Gasteiger partial charge < -0.3 is 14.5 Å². The SMILES string of the molecule is CCCCCCCCCCCCCCCCC(COc1ccccc1)OP(=O)(O)O. The Kier molecular flexibility index (Phi) is 16.1. The molecule has 0 fully saturated rings. The van der Waals surface area contributed by atoms with E-state index in [0.29, 0.717) is 12.2 Å². The summed E-state index contributed by atoms with van der Waals surface area (Å²) in [6.07, 6.45) is 18.0. The minimum atomic E-state index is -4.51. The van der Waals surface area contributed by atoms with Gasteiger partial charge in [-0.15, -0.1) is 0 Å². The predicted molar refractivity (Wildman–Crippen MR) is 124 cm³/mol. The van der Waals surface area contributed by atoms with E-state index in [1.807, 2.05) is 30.3 Å². The molecule has 174 valence electrons. The van der Waals surface area contributed by atoms with Crippen LogP contribution >= 0.6 is 7.82 Å². The number of para-hydroxylation sites is 1. The zero-order valence-electron chi connectivity index (χ0n) is 18.8. The first-order valence-electron chi connectivity index (χ1n) is 11.9. The zero-order valence-corrected chi connectivity index (χ0v) is 19.7. The second-order valence-corrected chi connectivity index (χ2v) is 9.42. The van der Waals surface area contributed by atoms with Crippen molar-refractivity contribution < 1.29 is 23.6 Å². The summed E-state index contributed by atoms with van der Waals surface area (Å²) in [6, 6.07) is 9.26. The molecule has 0 aliphatic rings. The molecular weight excluding hydrogens is 399 g/mol. The molecular formula is C24H43O5P. The highest BCUT2D eigenvalue weighted by molar-refractivity contribution is 7.46. The van der Waals surface area contributed by atoms with Crippen molar-refractivity contribution in [2.24, 2.45) is 0 Å². The summed E-state index contributed by atoms with van der Waals surface area (Å²) in [5, 5.41) is 0. The molecule has 0 radical (unpaired) electrons. The third-order valence-electron chi connectivity index (χ3n) is 5.35. The summed E-state index contributed by atoms with van der Waals surface area (Å²) >= 11 is 0. The monoisotopic (exact) mass is 442 g/mol. The molecule has 0 heterocycles. The van der Waals surface area contributed by atoms with E-state index < -0.39 is 13.9 Å². The summed E-state index contributed by atoms with van der Waals surface area (Å²) in [5.74, 6) is 0.678. The van der Waals surface area contributed by atoms with Gasteiger partial charge in [0.2, 0.25) is 0 Å². The van der Waals surface area contributed by atoms with Crippen molar-refractivity contribution in [2.45, 2.75) is 109 Å². The largest absolute Gasteiger partial charge is 0.491 e. The van der Waals surface area contributed by atoms with E-state index in [2.05, 4.69) is 6.92 Å². The lowest BCUT2D eigenvalue weighted by Gasteiger charge is -2.18. The Morgan fingerprint density at radius 3 is 1.70 bits per heavy atom. The molecule has 5 nitrogen and oxygen atoms in total. The van der Waals surface area contributed by atoms with Crippen LogP contribution in [0.4, 0.5) is 0 Å². The van der Waals surface area contributed by atoms with Gasteiger partial charge in [-0.3, -0.25) is 4.52 Å². The van der Waals surface area contributed by atoms with Gasteiger partial charge in [-0.25, -0.2) is 4.57 Å². The van der Waals surface area contributed by atoms with Crippen LogP contribution in [0.5, 0.6) is 5.75 Å². The van der Waals surface area contributed by atoms with Crippen LogP contribution in [-0.4, -0.2) is 22.5 Å². The van der Waals surface area contributed by atoms with Crippen LogP contribution in [-0.2, 0) is 9.09 Å². The van der Waals surface area contributed by atoms with Crippen LogP contribution in [0.25, 0.3) is 0 Å². The van der Waals surface area contributed by atoms with Gasteiger partial charge >= 0.3 is 7.82 Å². The van der Waals surface area contributed by atoms with Crippen molar-refractivity contribution in [3.8, 4) is 5.75 Å². The maximum absolute atomic E-state index is 11.2. The van der Waals surface area contributed by atoms with Gasteiger partial charge in [-0.2, -0.15) is 0 Å². The van der Waals surface area contributed by atoms with Crippen LogP contribution in [0.2, 0.25) is 0 Å². The first-order valence-corrected chi connectivity index (χ1v) is 13.5. The van der Waals surface area contributed by atoms with Crippen molar-refractivity contribution >= 4 is 7.82 Å². The first kappa shape index (κ1) is 27.2. The minimum Gasteiger partial charge on any atom is -0.491 e. The first-order chi connectivity index (χ1) is 14.5. The average molecular weight is 443 g/mol. The third kappa shape index (κ3) is 16.9. The average Bonchev–Trinajstić information content (AvgIpc) is 2.72. The van der Waals surface area contributed by atoms with E-state index in [1.165, 1.54) is 77.0 Å². The van der Waals surface area contributed by atoms with Crippen LogP contribution < -0.4 is 4.74 Å².